The molecule has 0 spiro atoms. The Balaban J connectivity index is 2.24. The lowest BCUT2D eigenvalue weighted by Gasteiger charge is -2.18. The van der Waals surface area contributed by atoms with Crippen molar-refractivity contribution in [2.45, 2.75) is 25.7 Å². The summed E-state index contributed by atoms with van der Waals surface area (Å²) in [6.07, 6.45) is -0.0659. The van der Waals surface area contributed by atoms with E-state index < -0.39 is 5.97 Å². The summed E-state index contributed by atoms with van der Waals surface area (Å²) < 4.78 is 5.68. The van der Waals surface area contributed by atoms with E-state index in [9.17, 15) is 9.59 Å². The smallest absolute Gasteiger partial charge is 0.305 e. The van der Waals surface area contributed by atoms with Gasteiger partial charge in [0.05, 0.1) is 18.6 Å². The average molecular weight is 277 g/mol. The van der Waals surface area contributed by atoms with Crippen molar-refractivity contribution >= 4 is 11.9 Å². The number of carboxylic acids is 1. The number of hydrogen-bond donors (Lipinski definition) is 1. The standard InChI is InChI=1S/C15H19NO4/c1-15(2)9-20-13-10(5-4-6-11(13)15)14(19)16(3)8-7-12(17)18/h4-6H,7-9H2,1-3H3,(H,17,18). The Morgan fingerprint density at radius 2 is 2.10 bits per heavy atom. The van der Waals surface area contributed by atoms with E-state index in [0.717, 1.165) is 5.56 Å². The van der Waals surface area contributed by atoms with Gasteiger partial charge in [0.1, 0.15) is 5.75 Å². The minimum atomic E-state index is -0.916. The molecule has 0 bridgehead atoms. The molecule has 108 valence electrons. The molecule has 1 aromatic rings. The van der Waals surface area contributed by atoms with Crippen LogP contribution < -0.4 is 4.74 Å². The second kappa shape index (κ2) is 5.15. The number of benzene rings is 1. The second-order valence-corrected chi connectivity index (χ2v) is 5.73. The first-order chi connectivity index (χ1) is 9.33. The van der Waals surface area contributed by atoms with Crippen molar-refractivity contribution in [1.82, 2.24) is 4.90 Å². The van der Waals surface area contributed by atoms with Crippen LogP contribution in [0.5, 0.6) is 5.75 Å². The Labute approximate surface area is 118 Å². The van der Waals surface area contributed by atoms with Crippen LogP contribution >= 0.6 is 0 Å². The van der Waals surface area contributed by atoms with Gasteiger partial charge in [-0.05, 0) is 6.07 Å². The molecular weight excluding hydrogens is 258 g/mol. The fourth-order valence-electron chi connectivity index (χ4n) is 2.29. The predicted octanol–water partition coefficient (Wildman–Crippen LogP) is 1.90. The number of rotatable bonds is 4. The van der Waals surface area contributed by atoms with Gasteiger partial charge in [0.15, 0.2) is 0 Å². The number of nitrogens with zero attached hydrogens (tertiary/aromatic N) is 1. The fourth-order valence-corrected chi connectivity index (χ4v) is 2.29. The number of amides is 1. The summed E-state index contributed by atoms with van der Waals surface area (Å²) in [6.45, 7) is 4.87. The summed E-state index contributed by atoms with van der Waals surface area (Å²) in [5.74, 6) is -0.495. The van der Waals surface area contributed by atoms with Crippen molar-refractivity contribution in [3.8, 4) is 5.75 Å². The molecule has 20 heavy (non-hydrogen) atoms. The van der Waals surface area contributed by atoms with Gasteiger partial charge in [-0.1, -0.05) is 26.0 Å². The normalized spacial score (nSPS) is 15.3. The Hall–Kier alpha value is -2.04. The first-order valence-corrected chi connectivity index (χ1v) is 6.56. The zero-order valence-electron chi connectivity index (χ0n) is 12.0. The van der Waals surface area contributed by atoms with Gasteiger partial charge in [-0.3, -0.25) is 9.59 Å². The number of hydrogen-bond acceptors (Lipinski definition) is 3. The van der Waals surface area contributed by atoms with E-state index in [1.807, 2.05) is 12.1 Å². The summed E-state index contributed by atoms with van der Waals surface area (Å²) in [7, 11) is 1.60. The number of carbonyl (C=O) groups excluding carboxylic acids is 1. The number of fused-ring (bicyclic) bond motifs is 1. The quantitative estimate of drug-likeness (QED) is 0.912. The van der Waals surface area contributed by atoms with Gasteiger partial charge < -0.3 is 14.7 Å². The van der Waals surface area contributed by atoms with Gasteiger partial charge in [0.2, 0.25) is 0 Å². The maximum atomic E-state index is 12.4. The zero-order chi connectivity index (χ0) is 14.9. The third-order valence-electron chi connectivity index (χ3n) is 3.56. The SMILES string of the molecule is CN(CCC(=O)O)C(=O)c1cccc2c1OCC2(C)C. The number of aliphatic carboxylic acids is 1. The van der Waals surface area contributed by atoms with E-state index in [-0.39, 0.29) is 24.3 Å². The van der Waals surface area contributed by atoms with Crippen LogP contribution in [0, 0.1) is 0 Å². The molecule has 5 heteroatoms. The summed E-state index contributed by atoms with van der Waals surface area (Å²) in [6, 6.07) is 5.53. The fraction of sp³-hybridized carbons (Fsp3) is 0.467. The van der Waals surface area contributed by atoms with Gasteiger partial charge in [-0.25, -0.2) is 0 Å². The van der Waals surface area contributed by atoms with Crippen molar-refractivity contribution in [3.63, 3.8) is 0 Å². The Morgan fingerprint density at radius 1 is 1.40 bits per heavy atom. The molecule has 0 unspecified atom stereocenters. The lowest BCUT2D eigenvalue weighted by Crippen LogP contribution is -2.29. The van der Waals surface area contributed by atoms with Crippen LogP contribution in [0.4, 0.5) is 0 Å². The van der Waals surface area contributed by atoms with E-state index in [1.165, 1.54) is 4.90 Å². The Kier molecular flexibility index (Phi) is 3.70. The average Bonchev–Trinajstić information content (AvgIpc) is 2.71. The summed E-state index contributed by atoms with van der Waals surface area (Å²) in [4.78, 5) is 24.4. The van der Waals surface area contributed by atoms with Gasteiger partial charge in [-0.2, -0.15) is 0 Å². The number of ether oxygens (including phenoxy) is 1. The van der Waals surface area contributed by atoms with Gasteiger partial charge in [-0.15, -0.1) is 0 Å². The van der Waals surface area contributed by atoms with Crippen molar-refractivity contribution in [1.29, 1.82) is 0 Å². The van der Waals surface area contributed by atoms with Crippen LogP contribution in [0.2, 0.25) is 0 Å². The summed E-state index contributed by atoms with van der Waals surface area (Å²) >= 11 is 0. The minimum absolute atomic E-state index is 0.0659. The monoisotopic (exact) mass is 277 g/mol. The van der Waals surface area contributed by atoms with Crippen molar-refractivity contribution in [3.05, 3.63) is 29.3 Å². The Morgan fingerprint density at radius 3 is 2.75 bits per heavy atom. The summed E-state index contributed by atoms with van der Waals surface area (Å²) in [5, 5.41) is 8.68. The molecule has 0 atom stereocenters. The molecule has 1 aliphatic rings. The highest BCUT2D eigenvalue weighted by molar-refractivity contribution is 5.97. The van der Waals surface area contributed by atoms with Crippen LogP contribution in [0.25, 0.3) is 0 Å². The highest BCUT2D eigenvalue weighted by Crippen LogP contribution is 2.40. The van der Waals surface area contributed by atoms with E-state index in [2.05, 4.69) is 13.8 Å². The van der Waals surface area contributed by atoms with E-state index in [4.69, 9.17) is 9.84 Å². The zero-order valence-corrected chi connectivity index (χ0v) is 12.0. The molecule has 1 N–H and O–H groups in total. The lowest BCUT2D eigenvalue weighted by molar-refractivity contribution is -0.137. The summed E-state index contributed by atoms with van der Waals surface area (Å²) in [5.41, 5.74) is 1.42. The van der Waals surface area contributed by atoms with Crippen LogP contribution in [0.3, 0.4) is 0 Å². The Bertz CT molecular complexity index is 551. The molecule has 1 aliphatic heterocycles. The molecular formula is C15H19NO4. The highest BCUT2D eigenvalue weighted by Gasteiger charge is 2.34. The number of carbonyl (C=O) groups is 2. The molecule has 1 amide bonds. The largest absolute Gasteiger partial charge is 0.492 e. The minimum Gasteiger partial charge on any atom is -0.492 e. The van der Waals surface area contributed by atoms with E-state index in [0.29, 0.717) is 17.9 Å². The molecule has 1 aromatic carbocycles. The molecule has 1 heterocycles. The van der Waals surface area contributed by atoms with Crippen LogP contribution in [-0.2, 0) is 10.2 Å². The molecule has 0 aliphatic carbocycles. The third-order valence-corrected chi connectivity index (χ3v) is 3.56. The van der Waals surface area contributed by atoms with Crippen LogP contribution in [0.15, 0.2) is 18.2 Å². The molecule has 5 nitrogen and oxygen atoms in total. The van der Waals surface area contributed by atoms with Crippen LogP contribution in [-0.4, -0.2) is 42.1 Å². The van der Waals surface area contributed by atoms with Gasteiger partial charge in [0.25, 0.3) is 5.91 Å². The van der Waals surface area contributed by atoms with Gasteiger partial charge >= 0.3 is 5.97 Å². The number of carboxylic acid groups (broad SMARTS) is 1. The maximum Gasteiger partial charge on any atom is 0.305 e. The first kappa shape index (κ1) is 14.4. The van der Waals surface area contributed by atoms with Gasteiger partial charge in [0, 0.05) is 24.6 Å². The van der Waals surface area contributed by atoms with E-state index in [1.54, 1.807) is 13.1 Å². The topological polar surface area (TPSA) is 66.8 Å². The second-order valence-electron chi connectivity index (χ2n) is 5.73. The molecule has 0 aromatic heterocycles. The molecule has 2 rings (SSSR count). The number of para-hydroxylation sites is 1. The molecule has 0 radical (unpaired) electrons. The molecule has 0 saturated heterocycles. The lowest BCUT2D eigenvalue weighted by atomic mass is 9.86. The van der Waals surface area contributed by atoms with Crippen molar-refractivity contribution < 1.29 is 19.4 Å². The maximum absolute atomic E-state index is 12.4. The third kappa shape index (κ3) is 2.61. The first-order valence-electron chi connectivity index (χ1n) is 6.56. The van der Waals surface area contributed by atoms with Crippen molar-refractivity contribution in [2.75, 3.05) is 20.2 Å². The van der Waals surface area contributed by atoms with Crippen molar-refractivity contribution in [2.24, 2.45) is 0 Å². The predicted molar refractivity (Wildman–Crippen MR) is 74.2 cm³/mol. The molecule has 0 saturated carbocycles. The highest BCUT2D eigenvalue weighted by atomic mass is 16.5. The van der Waals surface area contributed by atoms with Crippen LogP contribution in [0.1, 0.15) is 36.2 Å². The van der Waals surface area contributed by atoms with E-state index >= 15 is 0 Å². The molecule has 0 fully saturated rings.